The van der Waals surface area contributed by atoms with Gasteiger partial charge in [-0.15, -0.1) is 0 Å². The highest BCUT2D eigenvalue weighted by molar-refractivity contribution is 4.82. The van der Waals surface area contributed by atoms with Crippen molar-refractivity contribution in [3.8, 4) is 0 Å². The van der Waals surface area contributed by atoms with Crippen LogP contribution in [-0.4, -0.2) is 25.3 Å². The van der Waals surface area contributed by atoms with Crippen molar-refractivity contribution in [1.82, 2.24) is 5.06 Å². The van der Waals surface area contributed by atoms with Crippen molar-refractivity contribution in [2.24, 2.45) is 5.41 Å². The molecule has 0 aromatic rings. The number of hydroxylamine groups is 2. The van der Waals surface area contributed by atoms with Crippen LogP contribution in [0.2, 0.25) is 0 Å². The molecular formula is C6H13NO. The molecule has 1 aliphatic rings. The highest BCUT2D eigenvalue weighted by Gasteiger charge is 2.34. The molecule has 0 aromatic heterocycles. The molecule has 2 heteroatoms. The first-order valence-electron chi connectivity index (χ1n) is 2.93. The molecule has 1 saturated heterocycles. The fourth-order valence-electron chi connectivity index (χ4n) is 1.04. The molecule has 0 N–H and O–H groups in total. The third-order valence-electron chi connectivity index (χ3n) is 1.47. The second kappa shape index (κ2) is 1.71. The van der Waals surface area contributed by atoms with Gasteiger partial charge in [0.25, 0.3) is 0 Å². The third-order valence-corrected chi connectivity index (χ3v) is 1.47. The molecule has 0 atom stereocenters. The van der Waals surface area contributed by atoms with Crippen LogP contribution in [0.15, 0.2) is 0 Å². The van der Waals surface area contributed by atoms with Crippen LogP contribution in [0.5, 0.6) is 0 Å². The van der Waals surface area contributed by atoms with Crippen LogP contribution >= 0.6 is 0 Å². The monoisotopic (exact) mass is 115 g/mol. The molecule has 0 saturated carbocycles. The molecule has 0 spiro atoms. The largest absolute Gasteiger partial charge is 0.302 e. The minimum Gasteiger partial charge on any atom is -0.302 e. The summed E-state index contributed by atoms with van der Waals surface area (Å²) < 4.78 is 0. The lowest BCUT2D eigenvalue weighted by atomic mass is 9.86. The topological polar surface area (TPSA) is 12.5 Å². The second-order valence-electron chi connectivity index (χ2n) is 3.14. The molecule has 0 amide bonds. The maximum atomic E-state index is 4.96. The fourth-order valence-corrected chi connectivity index (χ4v) is 1.04. The summed E-state index contributed by atoms with van der Waals surface area (Å²) in [5, 5.41) is 1.96. The Morgan fingerprint density at radius 2 is 1.88 bits per heavy atom. The van der Waals surface area contributed by atoms with Gasteiger partial charge in [-0.1, -0.05) is 13.8 Å². The first-order valence-corrected chi connectivity index (χ1v) is 2.93. The molecule has 1 aliphatic heterocycles. The zero-order chi connectivity index (χ0) is 6.20. The quantitative estimate of drug-likeness (QED) is 0.503. The Morgan fingerprint density at radius 3 is 2.00 bits per heavy atom. The maximum absolute atomic E-state index is 4.96. The number of hydrogen-bond donors (Lipinski definition) is 0. The molecule has 0 bridgehead atoms. The van der Waals surface area contributed by atoms with Gasteiger partial charge in [-0.2, -0.15) is 5.06 Å². The molecule has 8 heavy (non-hydrogen) atoms. The summed E-state index contributed by atoms with van der Waals surface area (Å²) in [6, 6.07) is 0. The number of nitrogens with zero attached hydrogens (tertiary/aromatic N) is 1. The zero-order valence-corrected chi connectivity index (χ0v) is 5.77. The molecule has 1 heterocycles. The summed E-state index contributed by atoms with van der Waals surface area (Å²) in [4.78, 5) is 4.96. The molecule has 0 aromatic carbocycles. The lowest BCUT2D eigenvalue weighted by Crippen LogP contribution is -2.51. The standard InChI is InChI=1S/C6H13NO/c1-6(2)4-7(5-6)8-3/h4-5H2,1-3H3. The van der Waals surface area contributed by atoms with Crippen molar-refractivity contribution in [2.75, 3.05) is 20.2 Å². The van der Waals surface area contributed by atoms with Crippen LogP contribution in [0.1, 0.15) is 13.8 Å². The van der Waals surface area contributed by atoms with E-state index in [2.05, 4.69) is 13.8 Å². The molecule has 2 nitrogen and oxygen atoms in total. The van der Waals surface area contributed by atoms with E-state index in [9.17, 15) is 0 Å². The number of rotatable bonds is 1. The van der Waals surface area contributed by atoms with Gasteiger partial charge in [0.15, 0.2) is 0 Å². The molecule has 1 fully saturated rings. The van der Waals surface area contributed by atoms with Crippen LogP contribution in [0.4, 0.5) is 0 Å². The van der Waals surface area contributed by atoms with Gasteiger partial charge < -0.3 is 4.84 Å². The van der Waals surface area contributed by atoms with Gasteiger partial charge >= 0.3 is 0 Å². The Labute approximate surface area is 50.4 Å². The Morgan fingerprint density at radius 1 is 1.38 bits per heavy atom. The Hall–Kier alpha value is -0.0800. The van der Waals surface area contributed by atoms with Gasteiger partial charge in [0, 0.05) is 13.1 Å². The summed E-state index contributed by atoms with van der Waals surface area (Å²) in [6.07, 6.45) is 0. The van der Waals surface area contributed by atoms with Crippen LogP contribution in [0, 0.1) is 5.41 Å². The smallest absolute Gasteiger partial charge is 0.0575 e. The van der Waals surface area contributed by atoms with E-state index in [-0.39, 0.29) is 0 Å². The van der Waals surface area contributed by atoms with Gasteiger partial charge in [0.2, 0.25) is 0 Å². The molecule has 0 aliphatic carbocycles. The van der Waals surface area contributed by atoms with E-state index in [0.29, 0.717) is 5.41 Å². The highest BCUT2D eigenvalue weighted by Crippen LogP contribution is 2.27. The van der Waals surface area contributed by atoms with Gasteiger partial charge in [-0.05, 0) is 5.41 Å². The predicted molar refractivity (Wildman–Crippen MR) is 32.4 cm³/mol. The molecule has 0 unspecified atom stereocenters. The van der Waals surface area contributed by atoms with E-state index in [4.69, 9.17) is 4.84 Å². The van der Waals surface area contributed by atoms with Crippen LogP contribution in [0.25, 0.3) is 0 Å². The van der Waals surface area contributed by atoms with Crippen molar-refractivity contribution in [3.05, 3.63) is 0 Å². The summed E-state index contributed by atoms with van der Waals surface area (Å²) in [5.41, 5.74) is 0.496. The Balaban J connectivity index is 2.21. The average Bonchev–Trinajstić information content (AvgIpc) is 1.60. The van der Waals surface area contributed by atoms with E-state index >= 15 is 0 Å². The molecule has 1 rings (SSSR count). The Bertz CT molecular complexity index is 82.5. The van der Waals surface area contributed by atoms with Gasteiger partial charge in [-0.3, -0.25) is 0 Å². The lowest BCUT2D eigenvalue weighted by molar-refractivity contribution is -0.222. The molecule has 0 radical (unpaired) electrons. The lowest BCUT2D eigenvalue weighted by Gasteiger charge is -2.43. The van der Waals surface area contributed by atoms with Gasteiger partial charge in [0.05, 0.1) is 7.11 Å². The molecular weight excluding hydrogens is 102 g/mol. The second-order valence-corrected chi connectivity index (χ2v) is 3.14. The summed E-state index contributed by atoms with van der Waals surface area (Å²) in [7, 11) is 1.72. The summed E-state index contributed by atoms with van der Waals surface area (Å²) >= 11 is 0. The van der Waals surface area contributed by atoms with Crippen molar-refractivity contribution < 1.29 is 4.84 Å². The van der Waals surface area contributed by atoms with E-state index in [1.165, 1.54) is 0 Å². The fraction of sp³-hybridized carbons (Fsp3) is 1.00. The number of hydrogen-bond acceptors (Lipinski definition) is 2. The summed E-state index contributed by atoms with van der Waals surface area (Å²) in [5.74, 6) is 0. The predicted octanol–water partition coefficient (Wildman–Crippen LogP) is 0.890. The van der Waals surface area contributed by atoms with Crippen molar-refractivity contribution in [2.45, 2.75) is 13.8 Å². The normalized spacial score (nSPS) is 27.4. The SMILES string of the molecule is CON1CC(C)(C)C1. The third kappa shape index (κ3) is 1.01. The summed E-state index contributed by atoms with van der Waals surface area (Å²) in [6.45, 7) is 6.62. The minimum atomic E-state index is 0.496. The van der Waals surface area contributed by atoms with E-state index in [1.807, 2.05) is 5.06 Å². The van der Waals surface area contributed by atoms with E-state index in [0.717, 1.165) is 13.1 Å². The molecule has 48 valence electrons. The van der Waals surface area contributed by atoms with Crippen molar-refractivity contribution in [1.29, 1.82) is 0 Å². The van der Waals surface area contributed by atoms with Crippen LogP contribution in [0.3, 0.4) is 0 Å². The van der Waals surface area contributed by atoms with Gasteiger partial charge in [-0.25, -0.2) is 0 Å². The van der Waals surface area contributed by atoms with Gasteiger partial charge in [0.1, 0.15) is 0 Å². The average molecular weight is 115 g/mol. The zero-order valence-electron chi connectivity index (χ0n) is 5.77. The maximum Gasteiger partial charge on any atom is 0.0575 e. The highest BCUT2D eigenvalue weighted by atomic mass is 16.7. The van der Waals surface area contributed by atoms with Crippen molar-refractivity contribution >= 4 is 0 Å². The first kappa shape index (κ1) is 6.05. The van der Waals surface area contributed by atoms with Crippen LogP contribution in [-0.2, 0) is 4.84 Å². The first-order chi connectivity index (χ1) is 3.64. The van der Waals surface area contributed by atoms with Crippen molar-refractivity contribution in [3.63, 3.8) is 0 Å². The Kier molecular flexibility index (Phi) is 1.29. The minimum absolute atomic E-state index is 0.496. The van der Waals surface area contributed by atoms with Crippen LogP contribution < -0.4 is 0 Å². The van der Waals surface area contributed by atoms with E-state index < -0.39 is 0 Å². The van der Waals surface area contributed by atoms with E-state index in [1.54, 1.807) is 7.11 Å².